The predicted molar refractivity (Wildman–Crippen MR) is 136 cm³/mol. The first-order chi connectivity index (χ1) is 16.5. The van der Waals surface area contributed by atoms with Crippen molar-refractivity contribution in [3.63, 3.8) is 0 Å². The molecule has 0 unspecified atom stereocenters. The van der Waals surface area contributed by atoms with E-state index in [2.05, 4.69) is 72.4 Å². The van der Waals surface area contributed by atoms with Crippen molar-refractivity contribution in [3.8, 4) is 0 Å². The summed E-state index contributed by atoms with van der Waals surface area (Å²) in [5.41, 5.74) is 6.13. The quantitative estimate of drug-likeness (QED) is 0.569. The molecule has 0 atom stereocenters. The molecule has 2 aromatic carbocycles. The molecule has 6 heteroatoms. The summed E-state index contributed by atoms with van der Waals surface area (Å²) in [5, 5.41) is 5.89. The maximum Gasteiger partial charge on any atom is 0.258 e. The van der Waals surface area contributed by atoms with Crippen LogP contribution >= 0.6 is 0 Å². The SMILES string of the molecule is CCN(CC)Cc1ccc(C2=C3C(=O)NC(c4ccc(CN(CC)CC)cc4)=C3C(=O)N2)cc1. The van der Waals surface area contributed by atoms with Crippen LogP contribution in [-0.2, 0) is 22.7 Å². The summed E-state index contributed by atoms with van der Waals surface area (Å²) >= 11 is 0. The summed E-state index contributed by atoms with van der Waals surface area (Å²) in [6.45, 7) is 14.4. The van der Waals surface area contributed by atoms with Crippen molar-refractivity contribution in [2.75, 3.05) is 26.2 Å². The summed E-state index contributed by atoms with van der Waals surface area (Å²) in [5.74, 6) is -0.476. The molecule has 0 aromatic heterocycles. The first-order valence-corrected chi connectivity index (χ1v) is 12.2. The van der Waals surface area contributed by atoms with Crippen molar-refractivity contribution in [1.82, 2.24) is 20.4 Å². The van der Waals surface area contributed by atoms with Gasteiger partial charge in [-0.05, 0) is 48.4 Å². The van der Waals surface area contributed by atoms with Gasteiger partial charge in [-0.15, -0.1) is 0 Å². The molecule has 34 heavy (non-hydrogen) atoms. The fourth-order valence-electron chi connectivity index (χ4n) is 4.58. The zero-order chi connectivity index (χ0) is 24.2. The van der Waals surface area contributed by atoms with E-state index in [1.165, 1.54) is 11.1 Å². The minimum absolute atomic E-state index is 0.238. The van der Waals surface area contributed by atoms with Crippen LogP contribution in [-0.4, -0.2) is 47.8 Å². The maximum absolute atomic E-state index is 12.9. The Labute approximate surface area is 202 Å². The lowest BCUT2D eigenvalue weighted by atomic mass is 10.0. The number of fused-ring (bicyclic) bond motifs is 1. The minimum atomic E-state index is -0.238. The van der Waals surface area contributed by atoms with Crippen molar-refractivity contribution < 1.29 is 9.59 Å². The van der Waals surface area contributed by atoms with Gasteiger partial charge >= 0.3 is 0 Å². The number of nitrogens with one attached hydrogen (secondary N) is 2. The Morgan fingerprint density at radius 3 is 1.18 bits per heavy atom. The van der Waals surface area contributed by atoms with Gasteiger partial charge in [-0.3, -0.25) is 19.4 Å². The molecule has 6 nitrogen and oxygen atoms in total. The highest BCUT2D eigenvalue weighted by molar-refractivity contribution is 6.30. The largest absolute Gasteiger partial charge is 0.321 e. The third-order valence-corrected chi connectivity index (χ3v) is 6.77. The van der Waals surface area contributed by atoms with E-state index in [9.17, 15) is 9.59 Å². The van der Waals surface area contributed by atoms with E-state index in [1.807, 2.05) is 24.3 Å². The van der Waals surface area contributed by atoms with Gasteiger partial charge in [0.15, 0.2) is 0 Å². The lowest BCUT2D eigenvalue weighted by Gasteiger charge is -2.18. The Hall–Kier alpha value is -3.22. The average Bonchev–Trinajstić information content (AvgIpc) is 3.39. The molecule has 2 amide bonds. The molecule has 0 bridgehead atoms. The number of rotatable bonds is 10. The topological polar surface area (TPSA) is 64.7 Å². The molecule has 0 fully saturated rings. The van der Waals surface area contributed by atoms with Gasteiger partial charge in [-0.25, -0.2) is 0 Å². The molecule has 4 rings (SSSR count). The number of hydrogen-bond acceptors (Lipinski definition) is 4. The summed E-state index contributed by atoms with van der Waals surface area (Å²) in [4.78, 5) is 30.6. The van der Waals surface area contributed by atoms with E-state index in [1.54, 1.807) is 0 Å². The number of nitrogens with zero attached hydrogens (tertiary/aromatic N) is 2. The van der Waals surface area contributed by atoms with Gasteiger partial charge in [0.05, 0.1) is 22.5 Å². The van der Waals surface area contributed by atoms with E-state index < -0.39 is 0 Å². The Bertz CT molecular complexity index is 1030. The number of hydrogen-bond donors (Lipinski definition) is 2. The summed E-state index contributed by atoms with van der Waals surface area (Å²) in [6, 6.07) is 16.2. The van der Waals surface area contributed by atoms with Crippen LogP contribution in [0.5, 0.6) is 0 Å². The van der Waals surface area contributed by atoms with Crippen LogP contribution in [0.4, 0.5) is 0 Å². The van der Waals surface area contributed by atoms with E-state index in [0.29, 0.717) is 22.5 Å². The number of carbonyl (C=O) groups excluding carboxylic acids is 2. The third kappa shape index (κ3) is 4.69. The van der Waals surface area contributed by atoms with E-state index in [0.717, 1.165) is 50.4 Å². The lowest BCUT2D eigenvalue weighted by Crippen LogP contribution is -2.22. The molecule has 2 N–H and O–H groups in total. The summed E-state index contributed by atoms with van der Waals surface area (Å²) in [7, 11) is 0. The molecule has 2 aromatic rings. The van der Waals surface area contributed by atoms with Gasteiger partial charge < -0.3 is 10.6 Å². The third-order valence-electron chi connectivity index (χ3n) is 6.77. The van der Waals surface area contributed by atoms with Gasteiger partial charge in [0.25, 0.3) is 11.8 Å². The Balaban J connectivity index is 1.62. The molecule has 178 valence electrons. The molecule has 0 saturated heterocycles. The fraction of sp³-hybridized carbons (Fsp3) is 0.357. The summed E-state index contributed by atoms with van der Waals surface area (Å²) < 4.78 is 0. The minimum Gasteiger partial charge on any atom is -0.321 e. The van der Waals surface area contributed by atoms with E-state index >= 15 is 0 Å². The van der Waals surface area contributed by atoms with E-state index in [-0.39, 0.29) is 11.8 Å². The van der Waals surface area contributed by atoms with Crippen molar-refractivity contribution in [3.05, 3.63) is 81.9 Å². The van der Waals surface area contributed by atoms with Crippen LogP contribution in [0, 0.1) is 0 Å². The number of carbonyl (C=O) groups is 2. The van der Waals surface area contributed by atoms with Crippen LogP contribution < -0.4 is 10.6 Å². The van der Waals surface area contributed by atoms with Gasteiger partial charge in [0, 0.05) is 13.1 Å². The second kappa shape index (κ2) is 10.4. The molecule has 2 aliphatic heterocycles. The molecule has 2 heterocycles. The zero-order valence-electron chi connectivity index (χ0n) is 20.6. The monoisotopic (exact) mass is 458 g/mol. The second-order valence-corrected chi connectivity index (χ2v) is 8.72. The van der Waals surface area contributed by atoms with Gasteiger partial charge in [0.2, 0.25) is 0 Å². The first-order valence-electron chi connectivity index (χ1n) is 12.2. The molecule has 0 spiro atoms. The Morgan fingerprint density at radius 1 is 0.559 bits per heavy atom. The highest BCUT2D eigenvalue weighted by Gasteiger charge is 2.40. The van der Waals surface area contributed by atoms with E-state index in [4.69, 9.17) is 0 Å². The molecule has 0 radical (unpaired) electrons. The Morgan fingerprint density at radius 2 is 0.882 bits per heavy atom. The van der Waals surface area contributed by atoms with Crippen molar-refractivity contribution >= 4 is 23.2 Å². The van der Waals surface area contributed by atoms with Crippen LogP contribution in [0.3, 0.4) is 0 Å². The van der Waals surface area contributed by atoms with Crippen molar-refractivity contribution in [2.24, 2.45) is 0 Å². The highest BCUT2D eigenvalue weighted by Crippen LogP contribution is 2.37. The molecular formula is C28H34N4O2. The average molecular weight is 459 g/mol. The molecule has 0 aliphatic carbocycles. The fourth-order valence-corrected chi connectivity index (χ4v) is 4.58. The second-order valence-electron chi connectivity index (χ2n) is 8.72. The number of amides is 2. The van der Waals surface area contributed by atoms with Crippen molar-refractivity contribution in [2.45, 2.75) is 40.8 Å². The van der Waals surface area contributed by atoms with Crippen LogP contribution in [0.1, 0.15) is 49.9 Å². The highest BCUT2D eigenvalue weighted by atomic mass is 16.2. The van der Waals surface area contributed by atoms with Gasteiger partial charge in [-0.1, -0.05) is 76.2 Å². The standard InChI is InChI=1S/C28H34N4O2/c1-5-31(6-2)17-19-9-13-21(14-10-19)25-23-24(28(34)29-25)26(30-27(23)33)22-15-11-20(12-16-22)18-32(7-3)8-4/h9-16H,5-8,17-18H2,1-4H3,(H,29,34)(H,30,33). The lowest BCUT2D eigenvalue weighted by molar-refractivity contribution is -0.117. The van der Waals surface area contributed by atoms with Crippen LogP contribution in [0.2, 0.25) is 0 Å². The smallest absolute Gasteiger partial charge is 0.258 e. The molecular weight excluding hydrogens is 424 g/mol. The zero-order valence-corrected chi connectivity index (χ0v) is 20.6. The van der Waals surface area contributed by atoms with Crippen LogP contribution in [0.25, 0.3) is 11.4 Å². The van der Waals surface area contributed by atoms with Crippen LogP contribution in [0.15, 0.2) is 59.7 Å². The molecule has 0 saturated carbocycles. The van der Waals surface area contributed by atoms with Crippen molar-refractivity contribution in [1.29, 1.82) is 0 Å². The van der Waals surface area contributed by atoms with Gasteiger partial charge in [0.1, 0.15) is 0 Å². The maximum atomic E-state index is 12.9. The first kappa shape index (κ1) is 23.9. The van der Waals surface area contributed by atoms with Gasteiger partial charge in [-0.2, -0.15) is 0 Å². The predicted octanol–water partition coefficient (Wildman–Crippen LogP) is 3.75. The summed E-state index contributed by atoms with van der Waals surface area (Å²) in [6.07, 6.45) is 0. The number of benzene rings is 2. The normalized spacial score (nSPS) is 15.5. The molecule has 2 aliphatic rings. The Kier molecular flexibility index (Phi) is 7.29.